The third-order valence-electron chi connectivity index (χ3n) is 3.28. The molecule has 0 spiro atoms. The highest BCUT2D eigenvalue weighted by atomic mass is 16.1. The highest BCUT2D eigenvalue weighted by molar-refractivity contribution is 6.08. The molecule has 3 rings (SSSR count). The van der Waals surface area contributed by atoms with Crippen LogP contribution in [0.2, 0.25) is 0 Å². The molecule has 3 heteroatoms. The molecule has 3 aromatic rings. The van der Waals surface area contributed by atoms with Crippen molar-refractivity contribution in [3.63, 3.8) is 0 Å². The predicted molar refractivity (Wildman–Crippen MR) is 84.4 cm³/mol. The molecular weight excluding hydrogens is 262 g/mol. The van der Waals surface area contributed by atoms with Crippen LogP contribution < -0.4 is 5.43 Å². The number of pyridine rings is 1. The van der Waals surface area contributed by atoms with Gasteiger partial charge in [-0.1, -0.05) is 48.5 Å². The summed E-state index contributed by atoms with van der Waals surface area (Å²) in [5, 5.41) is 0.525. The molecule has 1 N–H and O–H groups in total. The van der Waals surface area contributed by atoms with Crippen LogP contribution in [0.4, 0.5) is 0 Å². The van der Waals surface area contributed by atoms with Gasteiger partial charge in [-0.15, -0.1) is 0 Å². The maximum absolute atomic E-state index is 12.3. The lowest BCUT2D eigenvalue weighted by Crippen LogP contribution is -2.14. The lowest BCUT2D eigenvalue weighted by molar-refractivity contribution is 0.104. The van der Waals surface area contributed by atoms with Crippen molar-refractivity contribution in [3.05, 3.63) is 88.2 Å². The molecule has 0 aliphatic rings. The number of aromatic nitrogens is 1. The summed E-state index contributed by atoms with van der Waals surface area (Å²) in [6.45, 7) is 0. The molecule has 3 nitrogen and oxygen atoms in total. The maximum atomic E-state index is 12.3. The van der Waals surface area contributed by atoms with Crippen LogP contribution in [0.3, 0.4) is 0 Å². The lowest BCUT2D eigenvalue weighted by atomic mass is 10.1. The molecule has 21 heavy (non-hydrogen) atoms. The summed E-state index contributed by atoms with van der Waals surface area (Å²) >= 11 is 0. The Kier molecular flexibility index (Phi) is 3.48. The number of H-pyrrole nitrogens is 1. The van der Waals surface area contributed by atoms with Crippen molar-refractivity contribution < 1.29 is 4.79 Å². The molecule has 2 aromatic carbocycles. The molecule has 0 amide bonds. The van der Waals surface area contributed by atoms with Crippen LogP contribution in [0.1, 0.15) is 15.9 Å². The zero-order chi connectivity index (χ0) is 14.7. The van der Waals surface area contributed by atoms with E-state index in [1.54, 1.807) is 18.2 Å². The van der Waals surface area contributed by atoms with E-state index < -0.39 is 0 Å². The average Bonchev–Trinajstić information content (AvgIpc) is 2.54. The molecule has 1 aromatic heterocycles. The van der Waals surface area contributed by atoms with Gasteiger partial charge in [0.15, 0.2) is 5.78 Å². The van der Waals surface area contributed by atoms with E-state index in [4.69, 9.17) is 0 Å². The smallest absolute Gasteiger partial charge is 0.200 e. The Balaban J connectivity index is 1.97. The summed E-state index contributed by atoms with van der Waals surface area (Å²) in [7, 11) is 0. The third-order valence-corrected chi connectivity index (χ3v) is 3.28. The van der Waals surface area contributed by atoms with Gasteiger partial charge in [0, 0.05) is 17.1 Å². The Morgan fingerprint density at radius 3 is 2.48 bits per heavy atom. The number of aromatic amines is 1. The highest BCUT2D eigenvalue weighted by Crippen LogP contribution is 2.08. The largest absolute Gasteiger partial charge is 0.360 e. The van der Waals surface area contributed by atoms with Gasteiger partial charge in [0.1, 0.15) is 0 Å². The third kappa shape index (κ3) is 2.67. The first-order valence-corrected chi connectivity index (χ1v) is 6.63. The Hall–Kier alpha value is -2.94. The second-order valence-corrected chi connectivity index (χ2v) is 4.69. The standard InChI is InChI=1S/C18H13NO2/c20-17(11-10-13-6-2-1-3-7-13)15-12-19-16-9-5-4-8-14(16)18(15)21/h1-12H,(H,19,21)/b11-10-. The topological polar surface area (TPSA) is 49.9 Å². The quantitative estimate of drug-likeness (QED) is 0.588. The van der Waals surface area contributed by atoms with Crippen LogP contribution in [0.25, 0.3) is 17.0 Å². The molecule has 0 saturated heterocycles. The van der Waals surface area contributed by atoms with E-state index in [-0.39, 0.29) is 16.8 Å². The van der Waals surface area contributed by atoms with E-state index in [1.165, 1.54) is 12.3 Å². The van der Waals surface area contributed by atoms with Gasteiger partial charge in [0.25, 0.3) is 0 Å². The summed E-state index contributed by atoms with van der Waals surface area (Å²) in [4.78, 5) is 27.5. The maximum Gasteiger partial charge on any atom is 0.200 e. The first kappa shape index (κ1) is 13.1. The zero-order valence-electron chi connectivity index (χ0n) is 11.2. The summed E-state index contributed by atoms with van der Waals surface area (Å²) in [5.41, 5.74) is 1.56. The van der Waals surface area contributed by atoms with Crippen molar-refractivity contribution in [2.75, 3.05) is 0 Å². The molecule has 0 radical (unpaired) electrons. The molecule has 0 atom stereocenters. The fourth-order valence-corrected chi connectivity index (χ4v) is 2.18. The van der Waals surface area contributed by atoms with Crippen LogP contribution in [-0.2, 0) is 0 Å². The Morgan fingerprint density at radius 2 is 1.67 bits per heavy atom. The molecule has 0 fully saturated rings. The van der Waals surface area contributed by atoms with Gasteiger partial charge in [-0.2, -0.15) is 0 Å². The highest BCUT2D eigenvalue weighted by Gasteiger charge is 2.09. The molecule has 0 unspecified atom stereocenters. The second-order valence-electron chi connectivity index (χ2n) is 4.69. The van der Waals surface area contributed by atoms with Gasteiger partial charge in [-0.3, -0.25) is 9.59 Å². The number of hydrogen-bond donors (Lipinski definition) is 1. The number of fused-ring (bicyclic) bond motifs is 1. The number of nitrogens with one attached hydrogen (secondary N) is 1. The molecule has 0 saturated carbocycles. The van der Waals surface area contributed by atoms with Crippen molar-refractivity contribution in [1.82, 2.24) is 4.98 Å². The fourth-order valence-electron chi connectivity index (χ4n) is 2.18. The Morgan fingerprint density at radius 1 is 0.952 bits per heavy atom. The number of benzene rings is 2. The minimum absolute atomic E-state index is 0.154. The first-order chi connectivity index (χ1) is 10.3. The minimum atomic E-state index is -0.300. The number of hydrogen-bond acceptors (Lipinski definition) is 2. The summed E-state index contributed by atoms with van der Waals surface area (Å²) < 4.78 is 0. The number of rotatable bonds is 3. The number of allylic oxidation sites excluding steroid dienone is 1. The van der Waals surface area contributed by atoms with Crippen LogP contribution >= 0.6 is 0 Å². The molecule has 0 aliphatic heterocycles. The number of para-hydroxylation sites is 1. The lowest BCUT2D eigenvalue weighted by Gasteiger charge is -2.00. The Bertz CT molecular complexity index is 876. The normalized spacial score (nSPS) is 11.0. The van der Waals surface area contributed by atoms with Crippen LogP contribution in [0, 0.1) is 0 Å². The van der Waals surface area contributed by atoms with Crippen molar-refractivity contribution in [2.24, 2.45) is 0 Å². The first-order valence-electron chi connectivity index (χ1n) is 6.63. The minimum Gasteiger partial charge on any atom is -0.360 e. The van der Waals surface area contributed by atoms with Crippen molar-refractivity contribution >= 4 is 22.8 Å². The van der Waals surface area contributed by atoms with E-state index in [0.29, 0.717) is 5.39 Å². The predicted octanol–water partition coefficient (Wildman–Crippen LogP) is 3.42. The van der Waals surface area contributed by atoms with Crippen molar-refractivity contribution in [1.29, 1.82) is 0 Å². The van der Waals surface area contributed by atoms with Crippen LogP contribution in [0.5, 0.6) is 0 Å². The Labute approximate surface area is 121 Å². The summed E-state index contributed by atoms with van der Waals surface area (Å²) in [5.74, 6) is -0.300. The van der Waals surface area contributed by atoms with E-state index in [0.717, 1.165) is 11.1 Å². The SMILES string of the molecule is O=C(/C=C\c1ccccc1)c1c[nH]c2ccccc2c1=O. The monoisotopic (exact) mass is 275 g/mol. The van der Waals surface area contributed by atoms with E-state index in [9.17, 15) is 9.59 Å². The number of ketones is 1. The summed E-state index contributed by atoms with van der Waals surface area (Å²) in [6.07, 6.45) is 4.61. The molecule has 0 bridgehead atoms. The second kappa shape index (κ2) is 5.59. The van der Waals surface area contributed by atoms with E-state index in [1.807, 2.05) is 42.5 Å². The van der Waals surface area contributed by atoms with Gasteiger partial charge >= 0.3 is 0 Å². The van der Waals surface area contributed by atoms with Gasteiger partial charge in [-0.05, 0) is 23.8 Å². The zero-order valence-corrected chi connectivity index (χ0v) is 11.2. The van der Waals surface area contributed by atoms with Gasteiger partial charge in [0.05, 0.1) is 5.56 Å². The molecule has 1 heterocycles. The van der Waals surface area contributed by atoms with Gasteiger partial charge < -0.3 is 4.98 Å². The van der Waals surface area contributed by atoms with Gasteiger partial charge in [0.2, 0.25) is 5.43 Å². The molecule has 102 valence electrons. The van der Waals surface area contributed by atoms with Crippen molar-refractivity contribution in [2.45, 2.75) is 0 Å². The molecular formula is C18H13NO2. The number of carbonyl (C=O) groups is 1. The average molecular weight is 275 g/mol. The van der Waals surface area contributed by atoms with Crippen LogP contribution in [-0.4, -0.2) is 10.8 Å². The van der Waals surface area contributed by atoms with E-state index in [2.05, 4.69) is 4.98 Å². The number of carbonyl (C=O) groups excluding carboxylic acids is 1. The van der Waals surface area contributed by atoms with Crippen LogP contribution in [0.15, 0.2) is 71.7 Å². The summed E-state index contributed by atoms with van der Waals surface area (Å²) in [6, 6.07) is 16.6. The van der Waals surface area contributed by atoms with E-state index >= 15 is 0 Å². The van der Waals surface area contributed by atoms with Crippen molar-refractivity contribution in [3.8, 4) is 0 Å². The molecule has 0 aliphatic carbocycles. The van der Waals surface area contributed by atoms with Gasteiger partial charge in [-0.25, -0.2) is 0 Å². The fraction of sp³-hybridized carbons (Fsp3) is 0.